The van der Waals surface area contributed by atoms with Crippen LogP contribution in [0.2, 0.25) is 0 Å². The smallest absolute Gasteiger partial charge is 0.272 e. The Bertz CT molecular complexity index is 840. The summed E-state index contributed by atoms with van der Waals surface area (Å²) >= 11 is 0. The first-order chi connectivity index (χ1) is 14.2. The Hall–Kier alpha value is -2.63. The van der Waals surface area contributed by atoms with E-state index < -0.39 is 0 Å². The van der Waals surface area contributed by atoms with E-state index in [-0.39, 0.29) is 11.8 Å². The lowest BCUT2D eigenvalue weighted by atomic mass is 9.86. The predicted octanol–water partition coefficient (Wildman–Crippen LogP) is 3.52. The molecule has 0 radical (unpaired) electrons. The van der Waals surface area contributed by atoms with Crippen molar-refractivity contribution in [1.29, 1.82) is 0 Å². The fraction of sp³-hybridized carbons (Fsp3) is 0.522. The fourth-order valence-corrected chi connectivity index (χ4v) is 4.42. The van der Waals surface area contributed by atoms with Gasteiger partial charge in [0.05, 0.1) is 18.8 Å². The molecule has 1 aliphatic heterocycles. The Morgan fingerprint density at radius 2 is 1.86 bits per heavy atom. The van der Waals surface area contributed by atoms with Crippen LogP contribution < -0.4 is 5.32 Å². The van der Waals surface area contributed by atoms with E-state index in [2.05, 4.69) is 10.4 Å². The topological polar surface area (TPSA) is 67.2 Å². The van der Waals surface area contributed by atoms with E-state index in [0.29, 0.717) is 38.3 Å². The van der Waals surface area contributed by atoms with E-state index in [1.807, 2.05) is 46.0 Å². The van der Waals surface area contributed by atoms with Gasteiger partial charge in [-0.1, -0.05) is 62.4 Å². The molecular weight excluding hydrogens is 364 g/mol. The molecule has 0 spiro atoms. The summed E-state index contributed by atoms with van der Waals surface area (Å²) in [6.07, 6.45) is 8.20. The van der Waals surface area contributed by atoms with Crippen molar-refractivity contribution >= 4 is 11.8 Å². The van der Waals surface area contributed by atoms with Gasteiger partial charge in [0.25, 0.3) is 5.91 Å². The van der Waals surface area contributed by atoms with Gasteiger partial charge in [0.1, 0.15) is 0 Å². The molecule has 1 saturated carbocycles. The second kappa shape index (κ2) is 9.25. The Morgan fingerprint density at radius 1 is 1.07 bits per heavy atom. The standard InChI is InChI=1S/C23H30N4O2/c28-22(12-11-18-7-3-1-4-8-18)26-13-14-27-20(17-26)15-21(25-27)23(29)24-16-19-9-5-2-6-10-19/h2,5-6,9-10,15,18H,1,3-4,7-8,11-14,16-17H2,(H,24,29). The number of hydrogen-bond donors (Lipinski definition) is 1. The third-order valence-electron chi connectivity index (χ3n) is 6.17. The highest BCUT2D eigenvalue weighted by molar-refractivity contribution is 5.92. The zero-order valence-corrected chi connectivity index (χ0v) is 17.0. The lowest BCUT2D eigenvalue weighted by molar-refractivity contribution is -0.133. The van der Waals surface area contributed by atoms with Gasteiger partial charge in [0.15, 0.2) is 5.69 Å². The number of nitrogens with zero attached hydrogens (tertiary/aromatic N) is 3. The Labute approximate surface area is 172 Å². The molecule has 0 unspecified atom stereocenters. The molecule has 0 atom stereocenters. The lowest BCUT2D eigenvalue weighted by Crippen LogP contribution is -2.38. The molecule has 1 aromatic carbocycles. The van der Waals surface area contributed by atoms with Crippen LogP contribution >= 0.6 is 0 Å². The number of carbonyl (C=O) groups is 2. The molecule has 154 valence electrons. The van der Waals surface area contributed by atoms with Gasteiger partial charge in [-0.2, -0.15) is 5.10 Å². The van der Waals surface area contributed by atoms with Gasteiger partial charge >= 0.3 is 0 Å². The fourth-order valence-electron chi connectivity index (χ4n) is 4.42. The van der Waals surface area contributed by atoms with Crippen LogP contribution in [0.25, 0.3) is 0 Å². The van der Waals surface area contributed by atoms with Crippen LogP contribution in [-0.2, 0) is 24.4 Å². The molecular formula is C23H30N4O2. The number of benzene rings is 1. The van der Waals surface area contributed by atoms with Gasteiger partial charge in [-0.15, -0.1) is 0 Å². The normalized spacial score (nSPS) is 17.0. The number of aromatic nitrogens is 2. The van der Waals surface area contributed by atoms with E-state index in [9.17, 15) is 9.59 Å². The molecule has 0 bridgehead atoms. The Morgan fingerprint density at radius 3 is 2.66 bits per heavy atom. The van der Waals surface area contributed by atoms with Crippen molar-refractivity contribution in [3.05, 3.63) is 53.3 Å². The Kier molecular flexibility index (Phi) is 6.27. The Balaban J connectivity index is 1.29. The van der Waals surface area contributed by atoms with Gasteiger partial charge in [-0.05, 0) is 24.0 Å². The van der Waals surface area contributed by atoms with Crippen molar-refractivity contribution in [2.24, 2.45) is 5.92 Å². The maximum Gasteiger partial charge on any atom is 0.272 e. The van der Waals surface area contributed by atoms with Crippen LogP contribution in [-0.4, -0.2) is 33.0 Å². The number of nitrogens with one attached hydrogen (secondary N) is 1. The largest absolute Gasteiger partial charge is 0.347 e. The van der Waals surface area contributed by atoms with Gasteiger partial charge in [0, 0.05) is 19.5 Å². The molecule has 0 saturated heterocycles. The first kappa shape index (κ1) is 19.7. The minimum Gasteiger partial charge on any atom is -0.347 e. The number of hydrogen-bond acceptors (Lipinski definition) is 3. The summed E-state index contributed by atoms with van der Waals surface area (Å²) in [6, 6.07) is 11.6. The summed E-state index contributed by atoms with van der Waals surface area (Å²) in [6.45, 7) is 2.34. The minimum absolute atomic E-state index is 0.175. The van der Waals surface area contributed by atoms with Crippen molar-refractivity contribution in [2.75, 3.05) is 6.54 Å². The lowest BCUT2D eigenvalue weighted by Gasteiger charge is -2.29. The third kappa shape index (κ3) is 5.05. The molecule has 6 nitrogen and oxygen atoms in total. The zero-order valence-electron chi connectivity index (χ0n) is 17.0. The second-order valence-corrected chi connectivity index (χ2v) is 8.27. The molecule has 1 aromatic heterocycles. The average Bonchev–Trinajstić information content (AvgIpc) is 3.21. The van der Waals surface area contributed by atoms with E-state index in [4.69, 9.17) is 0 Å². The van der Waals surface area contributed by atoms with Gasteiger partial charge in [-0.25, -0.2) is 0 Å². The van der Waals surface area contributed by atoms with Gasteiger partial charge < -0.3 is 10.2 Å². The SMILES string of the molecule is O=C(NCc1ccccc1)c1cc2n(n1)CCN(C(=O)CCC1CCCCC1)C2. The second-order valence-electron chi connectivity index (χ2n) is 8.27. The van der Waals surface area contributed by atoms with Gasteiger partial charge in [-0.3, -0.25) is 14.3 Å². The number of amides is 2. The molecule has 2 heterocycles. The minimum atomic E-state index is -0.175. The maximum atomic E-state index is 12.7. The monoisotopic (exact) mass is 394 g/mol. The van der Waals surface area contributed by atoms with Gasteiger partial charge in [0.2, 0.25) is 5.91 Å². The van der Waals surface area contributed by atoms with E-state index >= 15 is 0 Å². The van der Waals surface area contributed by atoms with Crippen LogP contribution in [0.5, 0.6) is 0 Å². The van der Waals surface area contributed by atoms with Crippen LogP contribution in [0.3, 0.4) is 0 Å². The first-order valence-electron chi connectivity index (χ1n) is 10.9. The van der Waals surface area contributed by atoms with E-state index in [1.54, 1.807) is 0 Å². The highest BCUT2D eigenvalue weighted by Gasteiger charge is 2.24. The molecule has 29 heavy (non-hydrogen) atoms. The molecule has 1 N–H and O–H groups in total. The average molecular weight is 395 g/mol. The summed E-state index contributed by atoms with van der Waals surface area (Å²) in [4.78, 5) is 27.1. The third-order valence-corrected chi connectivity index (χ3v) is 6.17. The van der Waals surface area contributed by atoms with Crippen LogP contribution in [0.1, 0.15) is 66.7 Å². The van der Waals surface area contributed by atoms with Crippen molar-refractivity contribution in [2.45, 2.75) is 64.6 Å². The predicted molar refractivity (Wildman–Crippen MR) is 111 cm³/mol. The van der Waals surface area contributed by atoms with Crippen molar-refractivity contribution in [3.8, 4) is 0 Å². The van der Waals surface area contributed by atoms with E-state index in [1.165, 1.54) is 32.1 Å². The molecule has 1 aliphatic carbocycles. The van der Waals surface area contributed by atoms with Crippen LogP contribution in [0.15, 0.2) is 36.4 Å². The summed E-state index contributed by atoms with van der Waals surface area (Å²) in [7, 11) is 0. The van der Waals surface area contributed by atoms with Crippen LogP contribution in [0.4, 0.5) is 0 Å². The quantitative estimate of drug-likeness (QED) is 0.815. The number of fused-ring (bicyclic) bond motifs is 1. The molecule has 4 rings (SSSR count). The summed E-state index contributed by atoms with van der Waals surface area (Å²) < 4.78 is 1.86. The molecule has 2 amide bonds. The summed E-state index contributed by atoms with van der Waals surface area (Å²) in [5.74, 6) is 0.784. The number of carbonyl (C=O) groups excluding carboxylic acids is 2. The maximum absolute atomic E-state index is 12.7. The first-order valence-corrected chi connectivity index (χ1v) is 10.9. The molecule has 1 fully saturated rings. The van der Waals surface area contributed by atoms with Crippen molar-refractivity contribution in [3.63, 3.8) is 0 Å². The molecule has 2 aliphatic rings. The number of rotatable bonds is 6. The highest BCUT2D eigenvalue weighted by Crippen LogP contribution is 2.27. The van der Waals surface area contributed by atoms with Crippen molar-refractivity contribution in [1.82, 2.24) is 20.0 Å². The highest BCUT2D eigenvalue weighted by atomic mass is 16.2. The summed E-state index contributed by atoms with van der Waals surface area (Å²) in [5.41, 5.74) is 2.42. The summed E-state index contributed by atoms with van der Waals surface area (Å²) in [5, 5.41) is 7.36. The zero-order chi connectivity index (χ0) is 20.1. The van der Waals surface area contributed by atoms with Crippen molar-refractivity contribution < 1.29 is 9.59 Å². The molecule has 6 heteroatoms. The molecule has 2 aromatic rings. The van der Waals surface area contributed by atoms with Crippen LogP contribution in [0, 0.1) is 5.92 Å². The van der Waals surface area contributed by atoms with E-state index in [0.717, 1.165) is 23.6 Å².